The molecule has 4 aromatic carbocycles. The van der Waals surface area contributed by atoms with Crippen LogP contribution in [0.4, 0.5) is 19.2 Å². The fourth-order valence-corrected chi connectivity index (χ4v) is 4.22. The third kappa shape index (κ3) is 16.6. The second-order valence-electron chi connectivity index (χ2n) is 12.8. The number of alkyl carbamates (subject to hydrolysis) is 2. The Hall–Kier alpha value is -5.27. The lowest BCUT2D eigenvalue weighted by atomic mass is 10.2. The highest BCUT2D eigenvalue weighted by Gasteiger charge is 2.17. The van der Waals surface area contributed by atoms with Gasteiger partial charge in [0.15, 0.2) is 5.75 Å². The van der Waals surface area contributed by atoms with Crippen LogP contribution in [0.5, 0.6) is 23.0 Å². The highest BCUT2D eigenvalue weighted by Crippen LogP contribution is 2.24. The summed E-state index contributed by atoms with van der Waals surface area (Å²) in [5.74, 6) is 1.25. The van der Waals surface area contributed by atoms with E-state index in [0.29, 0.717) is 35.4 Å². The van der Waals surface area contributed by atoms with Crippen LogP contribution in [0.3, 0.4) is 0 Å². The number of carbonyl (C=O) groups is 4. The molecule has 0 saturated carbocycles. The smallest absolute Gasteiger partial charge is 0.444 e. The van der Waals surface area contributed by atoms with Gasteiger partial charge in [-0.1, -0.05) is 63.9 Å². The van der Waals surface area contributed by atoms with E-state index >= 15 is 0 Å². The summed E-state index contributed by atoms with van der Waals surface area (Å²) in [6.45, 7) is 11.4. The number of nitrogens with one attached hydrogen (secondary N) is 2. The number of ether oxygens (including phenoxy) is 6. The maximum Gasteiger partial charge on any atom is 0.519 e. The maximum atomic E-state index is 11.8. The summed E-state index contributed by atoms with van der Waals surface area (Å²) in [5.41, 5.74) is 0.563. The summed E-state index contributed by atoms with van der Waals surface area (Å²) in [6, 6.07) is 26.8. The Labute approximate surface area is 315 Å². The van der Waals surface area contributed by atoms with Crippen molar-refractivity contribution in [2.75, 3.05) is 0 Å². The zero-order valence-corrected chi connectivity index (χ0v) is 31.8. The summed E-state index contributed by atoms with van der Waals surface area (Å²) in [4.78, 5) is 46.8. The van der Waals surface area contributed by atoms with Gasteiger partial charge in [-0.15, -0.1) is 0 Å². The average molecular weight is 800 g/mol. The zero-order valence-electron chi connectivity index (χ0n) is 29.5. The first-order valence-corrected chi connectivity index (χ1v) is 17.0. The van der Waals surface area contributed by atoms with Crippen molar-refractivity contribution < 1.29 is 47.6 Å². The molecule has 52 heavy (non-hydrogen) atoms. The minimum absolute atomic E-state index is 0.220. The fraction of sp³-hybridized carbons (Fsp3) is 0.263. The van der Waals surface area contributed by atoms with E-state index in [1.54, 1.807) is 139 Å². The molecule has 0 atom stereocenters. The highest BCUT2D eigenvalue weighted by atomic mass is 79.9. The van der Waals surface area contributed by atoms with E-state index < -0.39 is 35.7 Å². The molecule has 0 aliphatic carbocycles. The van der Waals surface area contributed by atoms with Crippen molar-refractivity contribution in [1.82, 2.24) is 10.6 Å². The highest BCUT2D eigenvalue weighted by molar-refractivity contribution is 9.10. The number of rotatable bonds is 8. The van der Waals surface area contributed by atoms with E-state index in [1.807, 2.05) is 0 Å². The Morgan fingerprint density at radius 1 is 0.558 bits per heavy atom. The van der Waals surface area contributed by atoms with Crippen molar-refractivity contribution in [3.05, 3.63) is 118 Å². The molecule has 0 spiro atoms. The Morgan fingerprint density at radius 3 is 1.31 bits per heavy atom. The number of benzene rings is 4. The lowest BCUT2D eigenvalue weighted by molar-refractivity contribution is 0.0512. The fourth-order valence-electron chi connectivity index (χ4n) is 3.78. The minimum Gasteiger partial charge on any atom is -0.444 e. The number of halogens is 2. The van der Waals surface area contributed by atoms with Gasteiger partial charge in [-0.3, -0.25) is 0 Å². The molecule has 0 aromatic heterocycles. The molecule has 12 nitrogen and oxygen atoms in total. The Morgan fingerprint density at radius 2 is 0.923 bits per heavy atom. The second-order valence-corrected chi connectivity index (χ2v) is 14.1. The van der Waals surface area contributed by atoms with Gasteiger partial charge in [-0.2, -0.15) is 0 Å². The van der Waals surface area contributed by atoms with Crippen LogP contribution in [0.15, 0.2) is 102 Å². The van der Waals surface area contributed by atoms with Gasteiger partial charge in [0.05, 0.1) is 5.02 Å². The summed E-state index contributed by atoms with van der Waals surface area (Å²) in [7, 11) is 0. The van der Waals surface area contributed by atoms with E-state index in [4.69, 9.17) is 40.0 Å². The number of carbonyl (C=O) groups excluding carboxylic acids is 4. The molecule has 0 saturated heterocycles. The first-order valence-electron chi connectivity index (χ1n) is 15.8. The van der Waals surface area contributed by atoms with Crippen molar-refractivity contribution in [3.63, 3.8) is 0 Å². The molecule has 2 amide bonds. The van der Waals surface area contributed by atoms with Gasteiger partial charge in [-0.25, -0.2) is 19.2 Å². The number of amides is 2. The van der Waals surface area contributed by atoms with Crippen LogP contribution >= 0.6 is 27.5 Å². The molecule has 2 N–H and O–H groups in total. The van der Waals surface area contributed by atoms with Crippen LogP contribution in [0.2, 0.25) is 5.02 Å². The van der Waals surface area contributed by atoms with Gasteiger partial charge in [-0.05, 0) is 113 Å². The van der Waals surface area contributed by atoms with Crippen molar-refractivity contribution in [3.8, 4) is 23.0 Å². The monoisotopic (exact) mass is 798 g/mol. The molecule has 0 bridgehead atoms. The van der Waals surface area contributed by atoms with Gasteiger partial charge in [0.2, 0.25) is 0 Å². The van der Waals surface area contributed by atoms with Crippen molar-refractivity contribution >= 4 is 52.0 Å². The van der Waals surface area contributed by atoms with E-state index in [1.165, 1.54) is 0 Å². The lowest BCUT2D eigenvalue weighted by Gasteiger charge is -2.19. The van der Waals surface area contributed by atoms with Gasteiger partial charge < -0.3 is 39.1 Å². The molecule has 4 rings (SSSR count). The minimum atomic E-state index is -0.891. The first kappa shape index (κ1) is 41.2. The van der Waals surface area contributed by atoms with Gasteiger partial charge in [0, 0.05) is 17.6 Å². The maximum absolute atomic E-state index is 11.8. The van der Waals surface area contributed by atoms with Gasteiger partial charge >= 0.3 is 24.5 Å². The lowest BCUT2D eigenvalue weighted by Crippen LogP contribution is -2.32. The molecule has 0 fully saturated rings. The van der Waals surface area contributed by atoms with E-state index in [0.717, 1.165) is 15.6 Å². The summed E-state index contributed by atoms with van der Waals surface area (Å²) < 4.78 is 31.5. The van der Waals surface area contributed by atoms with Gasteiger partial charge in [0.25, 0.3) is 0 Å². The average Bonchev–Trinajstić information content (AvgIpc) is 3.05. The quantitative estimate of drug-likeness (QED) is 0.130. The molecule has 0 aliphatic heterocycles. The van der Waals surface area contributed by atoms with E-state index in [2.05, 4.69) is 26.6 Å². The Kier molecular flexibility index (Phi) is 15.3. The molecule has 4 aromatic rings. The zero-order chi connectivity index (χ0) is 38.3. The molecular weight excluding hydrogens is 760 g/mol. The SMILES string of the molecule is CC(C)(C)OC(=O)NCc1ccc(OC(=O)Oc2ccc(Br)cc2)cc1.CC(C)(C)OC(=O)NCc1ccc(OC(=O)Oc2ccccc2Cl)cc1. The second kappa shape index (κ2) is 19.4. The summed E-state index contributed by atoms with van der Waals surface area (Å²) in [6.07, 6.45) is -2.71. The summed E-state index contributed by atoms with van der Waals surface area (Å²) in [5, 5.41) is 5.61. The van der Waals surface area contributed by atoms with E-state index in [-0.39, 0.29) is 5.75 Å². The largest absolute Gasteiger partial charge is 0.519 e. The van der Waals surface area contributed by atoms with Crippen LogP contribution in [0.25, 0.3) is 0 Å². The standard InChI is InChI=1S/C19H20BrNO5.C19H20ClNO5/c1-19(2,3)26-17(22)21-12-13-4-8-15(9-5-13)24-18(23)25-16-10-6-14(20)7-11-16;1-19(2,3)26-17(22)21-12-13-8-10-14(11-9-13)24-18(23)25-16-7-5-4-6-15(16)20/h2*4-11H,12H2,1-3H3,(H,21,22). The molecule has 0 radical (unpaired) electrons. The predicted molar refractivity (Wildman–Crippen MR) is 198 cm³/mol. The predicted octanol–water partition coefficient (Wildman–Crippen LogP) is 9.99. The van der Waals surface area contributed by atoms with Crippen LogP contribution in [-0.4, -0.2) is 35.7 Å². The molecule has 14 heteroatoms. The molecule has 0 unspecified atom stereocenters. The third-order valence-electron chi connectivity index (χ3n) is 5.97. The Balaban J connectivity index is 0.000000280. The number of hydrogen-bond acceptors (Lipinski definition) is 10. The van der Waals surface area contributed by atoms with Gasteiger partial charge in [0.1, 0.15) is 28.5 Å². The molecule has 276 valence electrons. The van der Waals surface area contributed by atoms with E-state index in [9.17, 15) is 19.2 Å². The van der Waals surface area contributed by atoms with Crippen molar-refractivity contribution in [2.45, 2.75) is 65.8 Å². The van der Waals surface area contributed by atoms with Crippen molar-refractivity contribution in [1.29, 1.82) is 0 Å². The van der Waals surface area contributed by atoms with Crippen molar-refractivity contribution in [2.24, 2.45) is 0 Å². The number of para-hydroxylation sites is 1. The van der Waals surface area contributed by atoms with Crippen LogP contribution in [0, 0.1) is 0 Å². The summed E-state index contributed by atoms with van der Waals surface area (Å²) >= 11 is 9.22. The normalized spacial score (nSPS) is 10.8. The van der Waals surface area contributed by atoms with Crippen LogP contribution in [-0.2, 0) is 22.6 Å². The molecule has 0 heterocycles. The topological polar surface area (TPSA) is 148 Å². The molecule has 0 aliphatic rings. The first-order chi connectivity index (χ1) is 24.4. The third-order valence-corrected chi connectivity index (χ3v) is 6.81. The number of hydrogen-bond donors (Lipinski definition) is 2. The molecular formula is C38H40BrClN2O10. The van der Waals surface area contributed by atoms with Crippen LogP contribution in [0.1, 0.15) is 52.7 Å². The Bertz CT molecular complexity index is 1790. The van der Waals surface area contributed by atoms with Crippen LogP contribution < -0.4 is 29.6 Å².